The van der Waals surface area contributed by atoms with E-state index in [1.165, 1.54) is 17.9 Å². The Morgan fingerprint density at radius 2 is 2.09 bits per heavy atom. The third-order valence-electron chi connectivity index (χ3n) is 5.80. The lowest BCUT2D eigenvalue weighted by Crippen LogP contribution is -2.57. The summed E-state index contributed by atoms with van der Waals surface area (Å²) in [7, 11) is -3.16. The van der Waals surface area contributed by atoms with Crippen molar-refractivity contribution in [1.82, 2.24) is 9.21 Å². The van der Waals surface area contributed by atoms with E-state index in [0.717, 1.165) is 44.3 Å². The first-order chi connectivity index (χ1) is 10.9. The number of benzene rings is 1. The number of nitrogens with zero attached hydrogens (tertiary/aromatic N) is 2. The minimum Gasteiger partial charge on any atom is -0.296 e. The number of halogens is 1. The predicted molar refractivity (Wildman–Crippen MR) is 87.1 cm³/mol. The van der Waals surface area contributed by atoms with Gasteiger partial charge in [-0.3, -0.25) is 4.90 Å². The van der Waals surface area contributed by atoms with E-state index >= 15 is 0 Å². The normalized spacial score (nSPS) is 32.0. The molecule has 0 unspecified atom stereocenters. The molecule has 3 aliphatic heterocycles. The average Bonchev–Trinajstić information content (AvgIpc) is 2.51. The van der Waals surface area contributed by atoms with Crippen molar-refractivity contribution in [3.63, 3.8) is 0 Å². The number of rotatable bonds is 1. The Kier molecular flexibility index (Phi) is 3.74. The Bertz CT molecular complexity index is 721. The van der Waals surface area contributed by atoms with E-state index in [0.29, 0.717) is 12.5 Å². The topological polar surface area (TPSA) is 40.6 Å². The molecule has 2 fully saturated rings. The molecule has 0 bridgehead atoms. The average molecular weight is 338 g/mol. The van der Waals surface area contributed by atoms with Gasteiger partial charge in [0.05, 0.1) is 6.26 Å². The van der Waals surface area contributed by atoms with E-state index < -0.39 is 10.0 Å². The van der Waals surface area contributed by atoms with E-state index in [1.807, 2.05) is 6.07 Å². The number of sulfonamides is 1. The second-order valence-electron chi connectivity index (χ2n) is 7.18. The van der Waals surface area contributed by atoms with Gasteiger partial charge < -0.3 is 0 Å². The molecule has 0 spiro atoms. The minimum atomic E-state index is -3.16. The molecule has 0 saturated carbocycles. The molecule has 0 aliphatic carbocycles. The Morgan fingerprint density at radius 1 is 1.26 bits per heavy atom. The molecule has 3 atom stereocenters. The lowest BCUT2D eigenvalue weighted by molar-refractivity contribution is 0.0222. The molecule has 2 saturated heterocycles. The zero-order valence-corrected chi connectivity index (χ0v) is 14.2. The van der Waals surface area contributed by atoms with Crippen LogP contribution in [0.15, 0.2) is 18.2 Å². The predicted octanol–water partition coefficient (Wildman–Crippen LogP) is 2.17. The summed E-state index contributed by atoms with van der Waals surface area (Å²) in [5.74, 6) is 0.248. The van der Waals surface area contributed by atoms with Crippen molar-refractivity contribution < 1.29 is 12.8 Å². The van der Waals surface area contributed by atoms with Crippen molar-refractivity contribution >= 4 is 10.0 Å². The van der Waals surface area contributed by atoms with Crippen LogP contribution in [0.2, 0.25) is 0 Å². The lowest BCUT2D eigenvalue weighted by atomic mass is 9.77. The van der Waals surface area contributed by atoms with Gasteiger partial charge in [-0.15, -0.1) is 0 Å². The van der Waals surface area contributed by atoms with Crippen LogP contribution in [0.1, 0.15) is 36.4 Å². The van der Waals surface area contributed by atoms with Crippen LogP contribution in [0.5, 0.6) is 0 Å². The fourth-order valence-electron chi connectivity index (χ4n) is 4.79. The maximum atomic E-state index is 13.5. The molecule has 0 N–H and O–H groups in total. The van der Waals surface area contributed by atoms with Crippen LogP contribution in [0.25, 0.3) is 0 Å². The van der Waals surface area contributed by atoms with E-state index in [4.69, 9.17) is 0 Å². The van der Waals surface area contributed by atoms with Crippen molar-refractivity contribution in [1.29, 1.82) is 0 Å². The van der Waals surface area contributed by atoms with Gasteiger partial charge in [0.1, 0.15) is 5.82 Å². The quantitative estimate of drug-likeness (QED) is 0.788. The molecule has 23 heavy (non-hydrogen) atoms. The monoisotopic (exact) mass is 338 g/mol. The van der Waals surface area contributed by atoms with E-state index in [2.05, 4.69) is 4.90 Å². The van der Waals surface area contributed by atoms with Crippen LogP contribution in [0, 0.1) is 11.7 Å². The first-order valence-electron chi connectivity index (χ1n) is 8.42. The van der Waals surface area contributed by atoms with Crippen LogP contribution >= 0.6 is 0 Å². The molecule has 0 amide bonds. The van der Waals surface area contributed by atoms with Gasteiger partial charge in [0.15, 0.2) is 0 Å². The smallest absolute Gasteiger partial charge is 0.211 e. The first-order valence-corrected chi connectivity index (χ1v) is 10.3. The lowest BCUT2D eigenvalue weighted by Gasteiger charge is -2.51. The van der Waals surface area contributed by atoms with Crippen molar-refractivity contribution in [2.24, 2.45) is 5.92 Å². The second-order valence-corrected chi connectivity index (χ2v) is 9.12. The van der Waals surface area contributed by atoms with E-state index in [9.17, 15) is 12.8 Å². The number of piperidine rings is 2. The third kappa shape index (κ3) is 2.71. The number of fused-ring (bicyclic) bond motifs is 4. The van der Waals surface area contributed by atoms with Gasteiger partial charge in [0, 0.05) is 31.7 Å². The molecule has 4 rings (SSSR count). The number of hydrogen-bond donors (Lipinski definition) is 0. The Balaban J connectivity index is 1.68. The molecule has 1 aromatic carbocycles. The highest BCUT2D eigenvalue weighted by Gasteiger charge is 2.44. The number of hydrogen-bond acceptors (Lipinski definition) is 3. The van der Waals surface area contributed by atoms with Gasteiger partial charge in [-0.1, -0.05) is 6.07 Å². The van der Waals surface area contributed by atoms with Crippen molar-refractivity contribution in [2.45, 2.75) is 37.8 Å². The summed E-state index contributed by atoms with van der Waals surface area (Å²) in [4.78, 5) is 2.48. The highest BCUT2D eigenvalue weighted by molar-refractivity contribution is 7.88. The third-order valence-corrected chi connectivity index (χ3v) is 7.11. The van der Waals surface area contributed by atoms with Crippen LogP contribution in [0.4, 0.5) is 4.39 Å². The molecule has 126 valence electrons. The van der Waals surface area contributed by atoms with Crippen LogP contribution in [0.3, 0.4) is 0 Å². The van der Waals surface area contributed by atoms with Crippen molar-refractivity contribution in [2.75, 3.05) is 25.9 Å². The van der Waals surface area contributed by atoms with Gasteiger partial charge in [-0.05, 0) is 54.9 Å². The molecule has 0 radical (unpaired) electrons. The van der Waals surface area contributed by atoms with Crippen LogP contribution in [-0.2, 0) is 16.4 Å². The van der Waals surface area contributed by atoms with Gasteiger partial charge >= 0.3 is 0 Å². The molecule has 3 heterocycles. The zero-order chi connectivity index (χ0) is 16.2. The summed E-state index contributed by atoms with van der Waals surface area (Å²) in [5.41, 5.74) is 2.28. The highest BCUT2D eigenvalue weighted by Crippen LogP contribution is 2.43. The molecule has 6 heteroatoms. The molecular weight excluding hydrogens is 315 g/mol. The zero-order valence-electron chi connectivity index (χ0n) is 13.4. The summed E-state index contributed by atoms with van der Waals surface area (Å²) in [6.07, 6.45) is 5.10. The molecule has 0 aromatic heterocycles. The maximum Gasteiger partial charge on any atom is 0.211 e. The summed E-state index contributed by atoms with van der Waals surface area (Å²) < 4.78 is 39.5. The molecular formula is C17H23FN2O2S. The maximum absolute atomic E-state index is 13.5. The second kappa shape index (κ2) is 5.53. The Morgan fingerprint density at radius 3 is 2.87 bits per heavy atom. The Hall–Kier alpha value is -0.980. The van der Waals surface area contributed by atoms with Crippen LogP contribution < -0.4 is 0 Å². The van der Waals surface area contributed by atoms with E-state index in [-0.39, 0.29) is 17.9 Å². The van der Waals surface area contributed by atoms with Crippen LogP contribution in [-0.4, -0.2) is 49.6 Å². The first kappa shape index (κ1) is 15.5. The molecule has 1 aromatic rings. The molecule has 4 nitrogen and oxygen atoms in total. The van der Waals surface area contributed by atoms with Gasteiger partial charge in [-0.25, -0.2) is 12.8 Å². The largest absolute Gasteiger partial charge is 0.296 e. The van der Waals surface area contributed by atoms with Gasteiger partial charge in [-0.2, -0.15) is 4.31 Å². The summed E-state index contributed by atoms with van der Waals surface area (Å²) >= 11 is 0. The van der Waals surface area contributed by atoms with E-state index in [1.54, 1.807) is 10.4 Å². The van der Waals surface area contributed by atoms with Crippen molar-refractivity contribution in [3.8, 4) is 0 Å². The standard InChI is InChI=1S/C17H23FN2O2S/c1-23(21,22)20-7-2-3-13-11-19-8-6-12-9-14(18)4-5-15(12)17(19)10-16(13)20/h4-5,9,13,16-17H,2-3,6-8,10-11H2,1H3/t13-,16+,17-/m1/s1. The summed E-state index contributed by atoms with van der Waals surface area (Å²) in [6, 6.07) is 5.39. The van der Waals surface area contributed by atoms with Crippen molar-refractivity contribution in [3.05, 3.63) is 35.1 Å². The highest BCUT2D eigenvalue weighted by atomic mass is 32.2. The molecule has 3 aliphatic rings. The summed E-state index contributed by atoms with van der Waals surface area (Å²) in [6.45, 7) is 2.55. The fourth-order valence-corrected chi connectivity index (χ4v) is 6.01. The SMILES string of the molecule is CS(=O)(=O)N1CCC[C@@H]2CN3CCc4cc(F)ccc4[C@H]3C[C@@H]21. The Labute approximate surface area is 137 Å². The fraction of sp³-hybridized carbons (Fsp3) is 0.647. The minimum absolute atomic E-state index is 0.0935. The van der Waals surface area contributed by atoms with Gasteiger partial charge in [0.25, 0.3) is 0 Å². The van der Waals surface area contributed by atoms with Gasteiger partial charge in [0.2, 0.25) is 10.0 Å². The summed E-state index contributed by atoms with van der Waals surface area (Å²) in [5, 5.41) is 0.